The standard InChI is InChI=1S/C19H22F2N2O3/c20-13-8-12(9-14(21)10-13)18(25)23-16(17(24)22-15-4-5-15)11-26-19(23)6-2-1-3-7-19/h8-10,15-16H,1-7,11H2,(H,22,24)/t16-/m0/s1. The highest BCUT2D eigenvalue weighted by molar-refractivity contribution is 5.98. The van der Waals surface area contributed by atoms with Crippen molar-refractivity contribution in [3.63, 3.8) is 0 Å². The van der Waals surface area contributed by atoms with E-state index in [0.717, 1.165) is 50.3 Å². The lowest BCUT2D eigenvalue weighted by molar-refractivity contribution is -0.127. The van der Waals surface area contributed by atoms with Gasteiger partial charge in [0.2, 0.25) is 5.91 Å². The van der Waals surface area contributed by atoms with Gasteiger partial charge in [-0.15, -0.1) is 0 Å². The number of benzene rings is 1. The summed E-state index contributed by atoms with van der Waals surface area (Å²) in [6.45, 7) is 0.113. The summed E-state index contributed by atoms with van der Waals surface area (Å²) in [4.78, 5) is 27.3. The fourth-order valence-electron chi connectivity index (χ4n) is 4.01. The largest absolute Gasteiger partial charge is 0.353 e. The van der Waals surface area contributed by atoms with Crippen molar-refractivity contribution in [3.8, 4) is 0 Å². The van der Waals surface area contributed by atoms with Crippen LogP contribution in [0.15, 0.2) is 18.2 Å². The third kappa shape index (κ3) is 3.20. The van der Waals surface area contributed by atoms with Gasteiger partial charge in [-0.2, -0.15) is 0 Å². The van der Waals surface area contributed by atoms with Gasteiger partial charge in [0.05, 0.1) is 6.61 Å². The molecule has 1 spiro atoms. The smallest absolute Gasteiger partial charge is 0.257 e. The quantitative estimate of drug-likeness (QED) is 0.897. The van der Waals surface area contributed by atoms with Gasteiger partial charge in [0.1, 0.15) is 23.4 Å². The zero-order valence-electron chi connectivity index (χ0n) is 14.5. The van der Waals surface area contributed by atoms with Gasteiger partial charge in [-0.3, -0.25) is 14.5 Å². The van der Waals surface area contributed by atoms with Gasteiger partial charge in [0, 0.05) is 17.7 Å². The highest BCUT2D eigenvalue weighted by atomic mass is 19.1. The molecule has 2 amide bonds. The molecule has 1 N–H and O–H groups in total. The molecule has 1 heterocycles. The fourth-order valence-corrected chi connectivity index (χ4v) is 4.01. The van der Waals surface area contributed by atoms with Crippen molar-refractivity contribution >= 4 is 11.8 Å². The minimum atomic E-state index is -0.857. The highest BCUT2D eigenvalue weighted by Gasteiger charge is 2.53. The predicted octanol–water partition coefficient (Wildman–Crippen LogP) is 2.74. The van der Waals surface area contributed by atoms with Gasteiger partial charge >= 0.3 is 0 Å². The molecule has 26 heavy (non-hydrogen) atoms. The number of carbonyl (C=O) groups is 2. The van der Waals surface area contributed by atoms with Crippen molar-refractivity contribution in [2.24, 2.45) is 0 Å². The van der Waals surface area contributed by atoms with E-state index in [0.29, 0.717) is 12.8 Å². The van der Waals surface area contributed by atoms with Crippen LogP contribution in [0.5, 0.6) is 0 Å². The Morgan fingerprint density at radius 3 is 2.35 bits per heavy atom. The van der Waals surface area contributed by atoms with E-state index in [-0.39, 0.29) is 24.1 Å². The molecule has 1 atom stereocenters. The SMILES string of the molecule is O=C(NC1CC1)[C@@H]1COC2(CCCCC2)N1C(=O)c1cc(F)cc(F)c1. The summed E-state index contributed by atoms with van der Waals surface area (Å²) in [5.74, 6) is -2.44. The molecule has 1 aromatic carbocycles. The van der Waals surface area contributed by atoms with Crippen LogP contribution in [-0.2, 0) is 9.53 Å². The monoisotopic (exact) mass is 364 g/mol. The molecule has 7 heteroatoms. The molecular weight excluding hydrogens is 342 g/mol. The molecule has 3 aliphatic rings. The molecule has 0 unspecified atom stereocenters. The predicted molar refractivity (Wildman–Crippen MR) is 89.2 cm³/mol. The Morgan fingerprint density at radius 1 is 1.08 bits per heavy atom. The molecule has 5 nitrogen and oxygen atoms in total. The van der Waals surface area contributed by atoms with Crippen LogP contribution >= 0.6 is 0 Å². The van der Waals surface area contributed by atoms with Crippen LogP contribution in [0.4, 0.5) is 8.78 Å². The lowest BCUT2D eigenvalue weighted by Gasteiger charge is -2.41. The summed E-state index contributed by atoms with van der Waals surface area (Å²) >= 11 is 0. The first-order valence-electron chi connectivity index (χ1n) is 9.23. The highest BCUT2D eigenvalue weighted by Crippen LogP contribution is 2.41. The minimum Gasteiger partial charge on any atom is -0.353 e. The molecule has 2 saturated carbocycles. The molecular formula is C19H22F2N2O3. The second-order valence-electron chi connectivity index (χ2n) is 7.45. The molecule has 0 radical (unpaired) electrons. The fraction of sp³-hybridized carbons (Fsp3) is 0.579. The second-order valence-corrected chi connectivity index (χ2v) is 7.45. The van der Waals surface area contributed by atoms with Crippen molar-refractivity contribution in [1.82, 2.24) is 10.2 Å². The van der Waals surface area contributed by atoms with Crippen molar-refractivity contribution < 1.29 is 23.1 Å². The number of amides is 2. The van der Waals surface area contributed by atoms with Crippen LogP contribution in [0.3, 0.4) is 0 Å². The van der Waals surface area contributed by atoms with E-state index in [1.165, 1.54) is 4.90 Å². The second kappa shape index (κ2) is 6.61. The van der Waals surface area contributed by atoms with Gasteiger partial charge < -0.3 is 10.1 Å². The first-order valence-corrected chi connectivity index (χ1v) is 9.23. The van der Waals surface area contributed by atoms with E-state index in [1.807, 2.05) is 0 Å². The number of halogens is 2. The summed E-state index contributed by atoms with van der Waals surface area (Å²) in [7, 11) is 0. The molecule has 1 aromatic rings. The first kappa shape index (κ1) is 17.4. The Kier molecular flexibility index (Phi) is 4.42. The van der Waals surface area contributed by atoms with Crippen LogP contribution in [0.1, 0.15) is 55.3 Å². The molecule has 1 aliphatic heterocycles. The van der Waals surface area contributed by atoms with E-state index in [9.17, 15) is 18.4 Å². The summed E-state index contributed by atoms with van der Waals surface area (Å²) in [5, 5.41) is 2.92. The normalized spacial score (nSPS) is 24.7. The van der Waals surface area contributed by atoms with Crippen molar-refractivity contribution in [2.75, 3.05) is 6.61 Å². The Morgan fingerprint density at radius 2 is 1.73 bits per heavy atom. The molecule has 2 aliphatic carbocycles. The van der Waals surface area contributed by atoms with Gasteiger partial charge in [0.25, 0.3) is 5.91 Å². The van der Waals surface area contributed by atoms with E-state index in [2.05, 4.69) is 5.32 Å². The Labute approximate surface area is 150 Å². The van der Waals surface area contributed by atoms with Crippen LogP contribution in [0.25, 0.3) is 0 Å². The average Bonchev–Trinajstić information content (AvgIpc) is 3.35. The molecule has 1 saturated heterocycles. The molecule has 0 aromatic heterocycles. The van der Waals surface area contributed by atoms with Crippen molar-refractivity contribution in [2.45, 2.75) is 62.8 Å². The van der Waals surface area contributed by atoms with Crippen LogP contribution in [0.2, 0.25) is 0 Å². The maximum atomic E-state index is 13.6. The van der Waals surface area contributed by atoms with E-state index >= 15 is 0 Å². The number of nitrogens with zero attached hydrogens (tertiary/aromatic N) is 1. The van der Waals surface area contributed by atoms with Gasteiger partial charge in [-0.25, -0.2) is 8.78 Å². The number of hydrogen-bond donors (Lipinski definition) is 1. The van der Waals surface area contributed by atoms with Crippen LogP contribution in [0, 0.1) is 11.6 Å². The summed E-state index contributed by atoms with van der Waals surface area (Å²) in [6, 6.07) is 2.14. The number of nitrogens with one attached hydrogen (secondary N) is 1. The molecule has 4 rings (SSSR count). The van der Waals surface area contributed by atoms with Crippen LogP contribution < -0.4 is 5.32 Å². The van der Waals surface area contributed by atoms with Gasteiger partial charge in [-0.05, 0) is 50.7 Å². The van der Waals surface area contributed by atoms with E-state index in [4.69, 9.17) is 4.74 Å². The maximum absolute atomic E-state index is 13.6. The Balaban J connectivity index is 1.67. The number of carbonyl (C=O) groups excluding carboxylic acids is 2. The third-order valence-corrected chi connectivity index (χ3v) is 5.45. The Hall–Kier alpha value is -2.02. The molecule has 0 bridgehead atoms. The number of hydrogen-bond acceptors (Lipinski definition) is 3. The first-order chi connectivity index (χ1) is 12.5. The van der Waals surface area contributed by atoms with Gasteiger partial charge in [0.15, 0.2) is 0 Å². The minimum absolute atomic E-state index is 0.0952. The zero-order valence-corrected chi connectivity index (χ0v) is 14.5. The van der Waals surface area contributed by atoms with Gasteiger partial charge in [-0.1, -0.05) is 6.42 Å². The average molecular weight is 364 g/mol. The van der Waals surface area contributed by atoms with E-state index < -0.39 is 29.3 Å². The summed E-state index contributed by atoms with van der Waals surface area (Å²) in [6.07, 6.45) is 5.95. The molecule has 140 valence electrons. The van der Waals surface area contributed by atoms with E-state index in [1.54, 1.807) is 0 Å². The van der Waals surface area contributed by atoms with Crippen LogP contribution in [-0.4, -0.2) is 41.1 Å². The number of rotatable bonds is 3. The lowest BCUT2D eigenvalue weighted by atomic mass is 9.89. The number of ether oxygens (including phenoxy) is 1. The topological polar surface area (TPSA) is 58.6 Å². The van der Waals surface area contributed by atoms with Crippen molar-refractivity contribution in [1.29, 1.82) is 0 Å². The summed E-state index contributed by atoms with van der Waals surface area (Å²) in [5.41, 5.74) is -0.953. The Bertz CT molecular complexity index is 709. The summed E-state index contributed by atoms with van der Waals surface area (Å²) < 4.78 is 33.2. The zero-order chi connectivity index (χ0) is 18.3. The maximum Gasteiger partial charge on any atom is 0.257 e. The lowest BCUT2D eigenvalue weighted by Crippen LogP contribution is -2.56. The third-order valence-electron chi connectivity index (χ3n) is 5.45. The molecule has 3 fully saturated rings. The van der Waals surface area contributed by atoms with Crippen molar-refractivity contribution in [3.05, 3.63) is 35.4 Å².